The molecule has 1 N–H and O–H groups in total. The van der Waals surface area contributed by atoms with Gasteiger partial charge in [-0.2, -0.15) is 0 Å². The standard InChI is InChI=1S/C20H18ClNO3/c21-15-9-5-13(6-10-15)12-22-17-4-2-1-3-16(17)20(25,19(22)24)11-18(23)14-7-8-14/h1-6,9-10,14,25H,7-8,11-12H2. The van der Waals surface area contributed by atoms with Crippen LogP contribution >= 0.6 is 11.6 Å². The third-order valence-corrected chi connectivity index (χ3v) is 5.21. The topological polar surface area (TPSA) is 57.6 Å². The van der Waals surface area contributed by atoms with E-state index in [9.17, 15) is 14.7 Å². The van der Waals surface area contributed by atoms with Crippen LogP contribution in [0.4, 0.5) is 5.69 Å². The molecule has 2 aromatic rings. The van der Waals surface area contributed by atoms with E-state index >= 15 is 0 Å². The summed E-state index contributed by atoms with van der Waals surface area (Å²) in [7, 11) is 0. The van der Waals surface area contributed by atoms with E-state index in [1.807, 2.05) is 24.3 Å². The number of Topliss-reactive ketones (excluding diaryl/α,β-unsaturated/α-hetero) is 1. The van der Waals surface area contributed by atoms with E-state index < -0.39 is 11.5 Å². The predicted octanol–water partition coefficient (Wildman–Crippen LogP) is 3.44. The van der Waals surface area contributed by atoms with Gasteiger partial charge in [-0.3, -0.25) is 9.59 Å². The van der Waals surface area contributed by atoms with Crippen molar-refractivity contribution >= 4 is 29.0 Å². The molecule has 2 aromatic carbocycles. The van der Waals surface area contributed by atoms with Gasteiger partial charge >= 0.3 is 0 Å². The molecule has 1 saturated carbocycles. The summed E-state index contributed by atoms with van der Waals surface area (Å²) in [5.41, 5.74) is 0.324. The van der Waals surface area contributed by atoms with Crippen LogP contribution in [-0.2, 0) is 21.7 Å². The molecule has 1 aliphatic heterocycles. The lowest BCUT2D eigenvalue weighted by atomic mass is 9.89. The minimum Gasteiger partial charge on any atom is -0.375 e. The van der Waals surface area contributed by atoms with Gasteiger partial charge in [-0.05, 0) is 36.6 Å². The third kappa shape index (κ3) is 2.86. The SMILES string of the molecule is O=C(CC1(O)C(=O)N(Cc2ccc(Cl)cc2)c2ccccc21)C1CC1. The molecule has 0 spiro atoms. The van der Waals surface area contributed by atoms with Crippen molar-refractivity contribution in [3.63, 3.8) is 0 Å². The molecule has 5 heteroatoms. The fourth-order valence-corrected chi connectivity index (χ4v) is 3.53. The number of carbonyl (C=O) groups is 2. The monoisotopic (exact) mass is 355 g/mol. The number of hydrogen-bond donors (Lipinski definition) is 1. The maximum absolute atomic E-state index is 13.0. The molecule has 1 unspecified atom stereocenters. The summed E-state index contributed by atoms with van der Waals surface area (Å²) in [5.74, 6) is -0.453. The second kappa shape index (κ2) is 5.97. The molecular weight excluding hydrogens is 338 g/mol. The number of fused-ring (bicyclic) bond motifs is 1. The van der Waals surface area contributed by atoms with E-state index in [2.05, 4.69) is 0 Å². The number of halogens is 1. The Morgan fingerprint density at radius 2 is 1.84 bits per heavy atom. The Morgan fingerprint density at radius 3 is 2.52 bits per heavy atom. The number of nitrogens with zero attached hydrogens (tertiary/aromatic N) is 1. The highest BCUT2D eigenvalue weighted by atomic mass is 35.5. The quantitative estimate of drug-likeness (QED) is 0.893. The van der Waals surface area contributed by atoms with E-state index in [1.54, 1.807) is 29.2 Å². The molecule has 1 heterocycles. The molecule has 0 bridgehead atoms. The van der Waals surface area contributed by atoms with Crippen LogP contribution < -0.4 is 4.90 Å². The Bertz CT molecular complexity index is 844. The molecule has 1 aliphatic carbocycles. The number of para-hydroxylation sites is 1. The fourth-order valence-electron chi connectivity index (χ4n) is 3.41. The number of rotatable bonds is 5. The molecule has 0 saturated heterocycles. The molecule has 0 radical (unpaired) electrons. The predicted molar refractivity (Wildman–Crippen MR) is 95.3 cm³/mol. The zero-order valence-corrected chi connectivity index (χ0v) is 14.4. The van der Waals surface area contributed by atoms with Gasteiger partial charge in [0.15, 0.2) is 5.60 Å². The van der Waals surface area contributed by atoms with Crippen LogP contribution in [0.15, 0.2) is 48.5 Å². The summed E-state index contributed by atoms with van der Waals surface area (Å²) in [6.45, 7) is 0.326. The van der Waals surface area contributed by atoms with Crippen molar-refractivity contribution in [3.05, 3.63) is 64.7 Å². The normalized spacial score (nSPS) is 22.2. The lowest BCUT2D eigenvalue weighted by Gasteiger charge is -2.23. The second-order valence-corrected chi connectivity index (χ2v) is 7.25. The molecule has 25 heavy (non-hydrogen) atoms. The highest BCUT2D eigenvalue weighted by molar-refractivity contribution is 6.30. The number of benzene rings is 2. The first-order valence-electron chi connectivity index (χ1n) is 8.40. The first-order valence-corrected chi connectivity index (χ1v) is 8.78. The van der Waals surface area contributed by atoms with Gasteiger partial charge in [0.2, 0.25) is 0 Å². The maximum atomic E-state index is 13.0. The highest BCUT2D eigenvalue weighted by Gasteiger charge is 2.51. The molecule has 2 aliphatic rings. The summed E-state index contributed by atoms with van der Waals surface area (Å²) < 4.78 is 0. The lowest BCUT2D eigenvalue weighted by molar-refractivity contribution is -0.142. The number of hydrogen-bond acceptors (Lipinski definition) is 3. The zero-order valence-electron chi connectivity index (χ0n) is 13.6. The average Bonchev–Trinajstić information content (AvgIpc) is 3.43. The Balaban J connectivity index is 1.67. The summed E-state index contributed by atoms with van der Waals surface area (Å²) in [6.07, 6.45) is 1.57. The molecule has 1 atom stereocenters. The number of aliphatic hydroxyl groups is 1. The van der Waals surface area contributed by atoms with E-state index in [-0.39, 0.29) is 18.1 Å². The lowest BCUT2D eigenvalue weighted by Crippen LogP contribution is -2.41. The summed E-state index contributed by atoms with van der Waals surface area (Å²) in [5, 5.41) is 11.7. The smallest absolute Gasteiger partial charge is 0.264 e. The van der Waals surface area contributed by atoms with Gasteiger partial charge in [-0.15, -0.1) is 0 Å². The van der Waals surface area contributed by atoms with Crippen molar-refractivity contribution in [2.45, 2.75) is 31.4 Å². The summed E-state index contributed by atoms with van der Waals surface area (Å²) in [6, 6.07) is 14.4. The first kappa shape index (κ1) is 16.3. The van der Waals surface area contributed by atoms with Crippen LogP contribution in [-0.4, -0.2) is 16.8 Å². The van der Waals surface area contributed by atoms with Gasteiger partial charge < -0.3 is 10.0 Å². The minimum absolute atomic E-state index is 0.00861. The van der Waals surface area contributed by atoms with Crippen molar-refractivity contribution in [1.82, 2.24) is 0 Å². The molecular formula is C20H18ClNO3. The molecule has 128 valence electrons. The van der Waals surface area contributed by atoms with E-state index in [4.69, 9.17) is 11.6 Å². The maximum Gasteiger partial charge on any atom is 0.264 e. The van der Waals surface area contributed by atoms with Crippen molar-refractivity contribution in [2.24, 2.45) is 5.92 Å². The van der Waals surface area contributed by atoms with E-state index in [0.29, 0.717) is 22.8 Å². The van der Waals surface area contributed by atoms with Crippen molar-refractivity contribution in [2.75, 3.05) is 4.90 Å². The van der Waals surface area contributed by atoms with Crippen molar-refractivity contribution in [1.29, 1.82) is 0 Å². The minimum atomic E-state index is -1.76. The molecule has 4 rings (SSSR count). The number of ketones is 1. The fraction of sp³-hybridized carbons (Fsp3) is 0.300. The molecule has 0 aromatic heterocycles. The van der Waals surface area contributed by atoms with Crippen LogP contribution in [0.5, 0.6) is 0 Å². The van der Waals surface area contributed by atoms with Crippen LogP contribution in [0, 0.1) is 5.92 Å². The largest absolute Gasteiger partial charge is 0.375 e. The van der Waals surface area contributed by atoms with Crippen LogP contribution in [0.25, 0.3) is 0 Å². The Labute approximate surface area is 151 Å². The van der Waals surface area contributed by atoms with Crippen LogP contribution in [0.2, 0.25) is 5.02 Å². The Hall–Kier alpha value is -2.17. The molecule has 1 fully saturated rings. The Morgan fingerprint density at radius 1 is 1.16 bits per heavy atom. The van der Waals surface area contributed by atoms with Gasteiger partial charge in [-0.25, -0.2) is 0 Å². The second-order valence-electron chi connectivity index (χ2n) is 6.81. The van der Waals surface area contributed by atoms with Crippen molar-refractivity contribution in [3.8, 4) is 0 Å². The Kier molecular flexibility index (Phi) is 3.89. The van der Waals surface area contributed by atoms with Crippen LogP contribution in [0.3, 0.4) is 0 Å². The van der Waals surface area contributed by atoms with Gasteiger partial charge in [0.05, 0.1) is 12.2 Å². The van der Waals surface area contributed by atoms with Gasteiger partial charge in [0.1, 0.15) is 5.78 Å². The molecule has 4 nitrogen and oxygen atoms in total. The van der Waals surface area contributed by atoms with Gasteiger partial charge in [0.25, 0.3) is 5.91 Å². The van der Waals surface area contributed by atoms with Crippen LogP contribution in [0.1, 0.15) is 30.4 Å². The van der Waals surface area contributed by atoms with Gasteiger partial charge in [-0.1, -0.05) is 41.9 Å². The van der Waals surface area contributed by atoms with E-state index in [0.717, 1.165) is 18.4 Å². The number of carbonyl (C=O) groups excluding carboxylic acids is 2. The number of amides is 1. The third-order valence-electron chi connectivity index (χ3n) is 4.96. The van der Waals surface area contributed by atoms with Crippen molar-refractivity contribution < 1.29 is 14.7 Å². The summed E-state index contributed by atoms with van der Waals surface area (Å²) in [4.78, 5) is 26.9. The average molecular weight is 356 g/mol. The highest BCUT2D eigenvalue weighted by Crippen LogP contribution is 2.45. The zero-order chi connectivity index (χ0) is 17.6. The summed E-state index contributed by atoms with van der Waals surface area (Å²) >= 11 is 5.92. The van der Waals surface area contributed by atoms with E-state index in [1.165, 1.54) is 0 Å². The number of anilines is 1. The van der Waals surface area contributed by atoms with Gasteiger partial charge in [0, 0.05) is 22.9 Å². The molecule has 1 amide bonds. The first-order chi connectivity index (χ1) is 12.0.